The average Bonchev–Trinajstić information content (AvgIpc) is 2.02. The van der Waals surface area contributed by atoms with E-state index >= 15 is 0 Å². The molecular weight excluding hydrogens is 195 g/mol. The highest BCUT2D eigenvalue weighted by Gasteiger charge is 2.40. The first-order chi connectivity index (χ1) is 6.45. The molecule has 0 spiro atoms. The van der Waals surface area contributed by atoms with Crippen molar-refractivity contribution in [2.24, 2.45) is 0 Å². The van der Waals surface area contributed by atoms with Crippen molar-refractivity contribution in [1.82, 2.24) is 5.48 Å². The second-order valence-corrected chi connectivity index (χ2v) is 3.02. The minimum atomic E-state index is -4.50. The molecule has 0 aliphatic rings. The molecule has 0 amide bonds. The van der Waals surface area contributed by atoms with Gasteiger partial charge < -0.3 is 5.21 Å². The smallest absolute Gasteiger partial charge is 0.316 e. The van der Waals surface area contributed by atoms with Gasteiger partial charge in [0.05, 0.1) is 0 Å². The highest BCUT2D eigenvalue weighted by atomic mass is 19.4. The third kappa shape index (κ3) is 2.46. The predicted octanol–water partition coefficient (Wildman–Crippen LogP) is 2.58. The molecule has 0 fully saturated rings. The zero-order chi connectivity index (χ0) is 10.8. The number of alkyl halides is 3. The molecule has 0 bridgehead atoms. The molecule has 5 heteroatoms. The highest BCUT2D eigenvalue weighted by Crippen LogP contribution is 2.32. The second kappa shape index (κ2) is 3.98. The molecule has 2 N–H and O–H groups in total. The van der Waals surface area contributed by atoms with Gasteiger partial charge in [-0.1, -0.05) is 29.8 Å². The van der Waals surface area contributed by atoms with E-state index in [4.69, 9.17) is 5.21 Å². The van der Waals surface area contributed by atoms with E-state index in [-0.39, 0.29) is 5.56 Å². The SMILES string of the molecule is Cc1cccc(C(NO)C(F)(F)F)c1. The van der Waals surface area contributed by atoms with Crippen molar-refractivity contribution in [3.63, 3.8) is 0 Å². The van der Waals surface area contributed by atoms with E-state index in [2.05, 4.69) is 0 Å². The molecular formula is C9H10F3NO. The van der Waals surface area contributed by atoms with Crippen molar-refractivity contribution in [1.29, 1.82) is 0 Å². The number of rotatable bonds is 2. The Hall–Kier alpha value is -1.07. The van der Waals surface area contributed by atoms with Crippen LogP contribution in [0.2, 0.25) is 0 Å². The van der Waals surface area contributed by atoms with Crippen molar-refractivity contribution in [3.05, 3.63) is 35.4 Å². The van der Waals surface area contributed by atoms with Crippen molar-refractivity contribution in [2.45, 2.75) is 19.1 Å². The van der Waals surface area contributed by atoms with Crippen LogP contribution >= 0.6 is 0 Å². The van der Waals surface area contributed by atoms with Gasteiger partial charge in [-0.2, -0.15) is 18.7 Å². The van der Waals surface area contributed by atoms with Gasteiger partial charge in [0.25, 0.3) is 0 Å². The lowest BCUT2D eigenvalue weighted by atomic mass is 10.0. The maximum absolute atomic E-state index is 12.3. The quantitative estimate of drug-likeness (QED) is 0.727. The van der Waals surface area contributed by atoms with Gasteiger partial charge in [0.2, 0.25) is 0 Å². The summed E-state index contributed by atoms with van der Waals surface area (Å²) >= 11 is 0. The number of hydrogen-bond acceptors (Lipinski definition) is 2. The number of aryl methyl sites for hydroxylation is 1. The molecule has 1 unspecified atom stereocenters. The first-order valence-electron chi connectivity index (χ1n) is 3.98. The van der Waals surface area contributed by atoms with Crippen LogP contribution in [0.1, 0.15) is 17.2 Å². The normalized spacial score (nSPS) is 14.1. The third-order valence-corrected chi connectivity index (χ3v) is 1.83. The molecule has 0 aliphatic carbocycles. The molecule has 1 atom stereocenters. The van der Waals surface area contributed by atoms with Crippen LogP contribution in [0.15, 0.2) is 24.3 Å². The number of halogens is 3. The zero-order valence-corrected chi connectivity index (χ0v) is 7.47. The fraction of sp³-hybridized carbons (Fsp3) is 0.333. The van der Waals surface area contributed by atoms with Gasteiger partial charge in [0.15, 0.2) is 6.04 Å². The number of nitrogens with one attached hydrogen (secondary N) is 1. The molecule has 0 aromatic heterocycles. The summed E-state index contributed by atoms with van der Waals surface area (Å²) in [6.45, 7) is 1.69. The van der Waals surface area contributed by atoms with Crippen LogP contribution in [0.3, 0.4) is 0 Å². The highest BCUT2D eigenvalue weighted by molar-refractivity contribution is 5.25. The van der Waals surface area contributed by atoms with E-state index < -0.39 is 12.2 Å². The predicted molar refractivity (Wildman–Crippen MR) is 44.9 cm³/mol. The number of hydroxylamine groups is 1. The summed E-state index contributed by atoms with van der Waals surface area (Å²) in [7, 11) is 0. The Kier molecular flexibility index (Phi) is 3.13. The van der Waals surface area contributed by atoms with Crippen LogP contribution in [-0.4, -0.2) is 11.4 Å². The van der Waals surface area contributed by atoms with Crippen molar-refractivity contribution in [3.8, 4) is 0 Å². The topological polar surface area (TPSA) is 32.3 Å². The standard InChI is InChI=1S/C9H10F3NO/c1-6-3-2-4-7(5-6)8(13-14)9(10,11)12/h2-5,8,13-14H,1H3. The third-order valence-electron chi connectivity index (χ3n) is 1.83. The first-order valence-corrected chi connectivity index (χ1v) is 3.98. The van der Waals surface area contributed by atoms with Crippen LogP contribution in [0.25, 0.3) is 0 Å². The van der Waals surface area contributed by atoms with Gasteiger partial charge in [0, 0.05) is 0 Å². The summed E-state index contributed by atoms with van der Waals surface area (Å²) in [5.41, 5.74) is 1.98. The lowest BCUT2D eigenvalue weighted by Crippen LogP contribution is -2.32. The summed E-state index contributed by atoms with van der Waals surface area (Å²) in [5, 5.41) is 8.44. The monoisotopic (exact) mass is 205 g/mol. The molecule has 1 aromatic rings. The number of hydrogen-bond donors (Lipinski definition) is 2. The van der Waals surface area contributed by atoms with Crippen LogP contribution < -0.4 is 5.48 Å². The largest absolute Gasteiger partial charge is 0.410 e. The fourth-order valence-electron chi connectivity index (χ4n) is 1.19. The van der Waals surface area contributed by atoms with E-state index in [1.165, 1.54) is 23.7 Å². The maximum Gasteiger partial charge on any atom is 0.410 e. The van der Waals surface area contributed by atoms with Crippen LogP contribution in [-0.2, 0) is 0 Å². The van der Waals surface area contributed by atoms with E-state index in [0.29, 0.717) is 5.56 Å². The lowest BCUT2D eigenvalue weighted by Gasteiger charge is -2.18. The summed E-state index contributed by atoms with van der Waals surface area (Å²) in [6.07, 6.45) is -4.50. The summed E-state index contributed by atoms with van der Waals surface area (Å²) < 4.78 is 36.9. The fourth-order valence-corrected chi connectivity index (χ4v) is 1.19. The van der Waals surface area contributed by atoms with Crippen LogP contribution in [0.4, 0.5) is 13.2 Å². The molecule has 2 nitrogen and oxygen atoms in total. The summed E-state index contributed by atoms with van der Waals surface area (Å²) in [4.78, 5) is 0. The van der Waals surface area contributed by atoms with E-state index in [1.807, 2.05) is 0 Å². The molecule has 0 aliphatic heterocycles. The van der Waals surface area contributed by atoms with Crippen molar-refractivity contribution < 1.29 is 18.4 Å². The second-order valence-electron chi connectivity index (χ2n) is 3.02. The molecule has 78 valence electrons. The average molecular weight is 205 g/mol. The van der Waals surface area contributed by atoms with E-state index in [1.54, 1.807) is 13.0 Å². The Balaban J connectivity index is 3.01. The van der Waals surface area contributed by atoms with Gasteiger partial charge >= 0.3 is 6.18 Å². The van der Waals surface area contributed by atoms with Gasteiger partial charge in [-0.25, -0.2) is 0 Å². The minimum absolute atomic E-state index is 0.000000000000000444. The number of benzene rings is 1. The molecule has 0 saturated heterocycles. The van der Waals surface area contributed by atoms with Gasteiger partial charge in [-0.3, -0.25) is 0 Å². The first kappa shape index (κ1) is 11.0. The molecule has 0 radical (unpaired) electrons. The Morgan fingerprint density at radius 2 is 2.00 bits per heavy atom. The van der Waals surface area contributed by atoms with E-state index in [9.17, 15) is 13.2 Å². The summed E-state index contributed by atoms with van der Waals surface area (Å²) in [5.74, 6) is 0. The molecule has 1 rings (SSSR count). The van der Waals surface area contributed by atoms with Crippen molar-refractivity contribution in [2.75, 3.05) is 0 Å². The summed E-state index contributed by atoms with van der Waals surface area (Å²) in [6, 6.07) is 3.87. The molecule has 0 heterocycles. The molecule has 1 aromatic carbocycles. The maximum atomic E-state index is 12.3. The Morgan fingerprint density at radius 1 is 1.36 bits per heavy atom. The minimum Gasteiger partial charge on any atom is -0.316 e. The molecule has 14 heavy (non-hydrogen) atoms. The zero-order valence-electron chi connectivity index (χ0n) is 7.47. The molecule has 0 saturated carbocycles. The Labute approximate surface area is 79.3 Å². The lowest BCUT2D eigenvalue weighted by molar-refractivity contribution is -0.178. The van der Waals surface area contributed by atoms with Gasteiger partial charge in [-0.15, -0.1) is 0 Å². The van der Waals surface area contributed by atoms with Gasteiger partial charge in [0.1, 0.15) is 0 Å². The van der Waals surface area contributed by atoms with Crippen molar-refractivity contribution >= 4 is 0 Å². The Morgan fingerprint density at radius 3 is 2.43 bits per heavy atom. The van der Waals surface area contributed by atoms with Crippen LogP contribution in [0, 0.1) is 6.92 Å². The van der Waals surface area contributed by atoms with Gasteiger partial charge in [-0.05, 0) is 12.5 Å². The van der Waals surface area contributed by atoms with Crippen LogP contribution in [0.5, 0.6) is 0 Å². The van der Waals surface area contributed by atoms with E-state index in [0.717, 1.165) is 0 Å². The Bertz CT molecular complexity index is 311.